The number of sulfonamides is 1. The molecule has 2 aromatic rings. The number of nitrogens with one attached hydrogen (secondary N) is 3. The average Bonchev–Trinajstić information content (AvgIpc) is 3.07. The number of aromatic nitrogens is 2. The molecule has 23 heavy (non-hydrogen) atoms. The fourth-order valence-corrected chi connectivity index (χ4v) is 2.60. The minimum Gasteiger partial charge on any atom is -0.336 e. The summed E-state index contributed by atoms with van der Waals surface area (Å²) < 4.78 is 27.3. The molecule has 124 valence electrons. The molecule has 0 fully saturated rings. The first-order valence-electron chi connectivity index (χ1n) is 7.01. The monoisotopic (exact) mass is 337 g/mol. The van der Waals surface area contributed by atoms with E-state index in [4.69, 9.17) is 0 Å². The lowest BCUT2D eigenvalue weighted by molar-refractivity contribution is 0.240. The van der Waals surface area contributed by atoms with Gasteiger partial charge in [0.1, 0.15) is 0 Å². The number of benzene rings is 1. The lowest BCUT2D eigenvalue weighted by atomic mass is 10.2. The molecule has 1 aromatic heterocycles. The lowest BCUT2D eigenvalue weighted by Crippen LogP contribution is -2.36. The van der Waals surface area contributed by atoms with Gasteiger partial charge in [0.15, 0.2) is 0 Å². The summed E-state index contributed by atoms with van der Waals surface area (Å²) in [4.78, 5) is 15.8. The van der Waals surface area contributed by atoms with Crippen LogP contribution in [0.2, 0.25) is 0 Å². The van der Waals surface area contributed by atoms with Gasteiger partial charge in [0.25, 0.3) is 0 Å². The predicted molar refractivity (Wildman–Crippen MR) is 85.2 cm³/mol. The van der Waals surface area contributed by atoms with Crippen molar-refractivity contribution in [3.05, 3.63) is 48.5 Å². The van der Waals surface area contributed by atoms with Gasteiger partial charge in [0.05, 0.1) is 11.2 Å². The Morgan fingerprint density at radius 2 is 1.96 bits per heavy atom. The van der Waals surface area contributed by atoms with Gasteiger partial charge in [-0.15, -0.1) is 0 Å². The van der Waals surface area contributed by atoms with Crippen LogP contribution in [0.25, 0.3) is 0 Å². The van der Waals surface area contributed by atoms with Crippen LogP contribution in [-0.2, 0) is 23.1 Å². The smallest absolute Gasteiger partial charge is 0.315 e. The molecule has 0 saturated carbocycles. The van der Waals surface area contributed by atoms with Crippen LogP contribution >= 0.6 is 0 Å². The first kappa shape index (κ1) is 17.0. The zero-order valence-electron chi connectivity index (χ0n) is 12.7. The van der Waals surface area contributed by atoms with E-state index in [9.17, 15) is 13.2 Å². The molecule has 9 heteroatoms. The van der Waals surface area contributed by atoms with Gasteiger partial charge in [0, 0.05) is 32.0 Å². The molecule has 0 bridgehead atoms. The number of carbonyl (C=O) groups excluding carboxylic acids is 1. The minimum absolute atomic E-state index is 0.188. The van der Waals surface area contributed by atoms with E-state index in [-0.39, 0.29) is 10.9 Å². The highest BCUT2D eigenvalue weighted by atomic mass is 32.2. The number of carbonyl (C=O) groups is 1. The highest BCUT2D eigenvalue weighted by Gasteiger charge is 2.10. The highest BCUT2D eigenvalue weighted by molar-refractivity contribution is 7.89. The van der Waals surface area contributed by atoms with Crippen molar-refractivity contribution in [3.8, 4) is 0 Å². The van der Waals surface area contributed by atoms with Crippen LogP contribution in [-0.4, -0.2) is 37.6 Å². The molecular formula is C14H19N5O3S. The first-order chi connectivity index (χ1) is 11.0. The maximum absolute atomic E-state index is 11.7. The second-order valence-electron chi connectivity index (χ2n) is 4.76. The predicted octanol–water partition coefficient (Wildman–Crippen LogP) is 0.291. The maximum Gasteiger partial charge on any atom is 0.315 e. The number of urea groups is 1. The van der Waals surface area contributed by atoms with E-state index in [0.717, 1.165) is 5.56 Å². The average molecular weight is 337 g/mol. The second kappa shape index (κ2) is 7.75. The van der Waals surface area contributed by atoms with Gasteiger partial charge in [-0.25, -0.2) is 22.9 Å². The molecule has 0 aliphatic heterocycles. The third-order valence-electron chi connectivity index (χ3n) is 3.17. The fourth-order valence-electron chi connectivity index (χ4n) is 1.87. The van der Waals surface area contributed by atoms with Crippen LogP contribution in [0.3, 0.4) is 0 Å². The molecule has 8 nitrogen and oxygen atoms in total. The van der Waals surface area contributed by atoms with Crippen LogP contribution < -0.4 is 15.4 Å². The molecular weight excluding hydrogens is 318 g/mol. The van der Waals surface area contributed by atoms with Crippen molar-refractivity contribution in [2.24, 2.45) is 0 Å². The number of rotatable bonds is 7. The fraction of sp³-hybridized carbons (Fsp3) is 0.286. The van der Waals surface area contributed by atoms with E-state index < -0.39 is 10.0 Å². The summed E-state index contributed by atoms with van der Waals surface area (Å²) in [5.74, 6) is 0. The van der Waals surface area contributed by atoms with Crippen molar-refractivity contribution in [3.63, 3.8) is 0 Å². The van der Waals surface area contributed by atoms with Crippen LogP contribution in [0.1, 0.15) is 5.56 Å². The van der Waals surface area contributed by atoms with Crippen molar-refractivity contribution < 1.29 is 13.2 Å². The molecule has 3 N–H and O–H groups in total. The summed E-state index contributed by atoms with van der Waals surface area (Å²) in [6, 6.07) is 6.04. The number of imidazole rings is 1. The number of hydrogen-bond donors (Lipinski definition) is 3. The van der Waals surface area contributed by atoms with Crippen LogP contribution in [0.15, 0.2) is 47.9 Å². The third-order valence-corrected chi connectivity index (χ3v) is 4.60. The summed E-state index contributed by atoms with van der Waals surface area (Å²) in [5.41, 5.74) is 0.810. The van der Waals surface area contributed by atoms with Gasteiger partial charge in [-0.1, -0.05) is 12.1 Å². The van der Waals surface area contributed by atoms with Crippen LogP contribution in [0.5, 0.6) is 0 Å². The Balaban J connectivity index is 1.75. The van der Waals surface area contributed by atoms with E-state index in [2.05, 4.69) is 20.3 Å². The number of amides is 2. The quantitative estimate of drug-likeness (QED) is 0.675. The molecule has 0 spiro atoms. The molecule has 0 atom stereocenters. The molecule has 2 rings (SSSR count). The van der Waals surface area contributed by atoms with E-state index in [1.807, 2.05) is 10.8 Å². The van der Waals surface area contributed by atoms with Crippen molar-refractivity contribution in [2.45, 2.75) is 18.0 Å². The van der Waals surface area contributed by atoms with Gasteiger partial charge in [-0.05, 0) is 24.7 Å². The van der Waals surface area contributed by atoms with Gasteiger partial charge in [0.2, 0.25) is 10.0 Å². The van der Waals surface area contributed by atoms with Crippen molar-refractivity contribution >= 4 is 16.1 Å². The number of hydrogen-bond acceptors (Lipinski definition) is 4. The minimum atomic E-state index is -3.44. The van der Waals surface area contributed by atoms with E-state index in [0.29, 0.717) is 19.6 Å². The molecule has 0 unspecified atom stereocenters. The highest BCUT2D eigenvalue weighted by Crippen LogP contribution is 2.09. The Morgan fingerprint density at radius 3 is 2.57 bits per heavy atom. The zero-order chi connectivity index (χ0) is 16.7. The van der Waals surface area contributed by atoms with Gasteiger partial charge in [-0.2, -0.15) is 0 Å². The van der Waals surface area contributed by atoms with E-state index in [1.165, 1.54) is 19.2 Å². The molecule has 0 aliphatic carbocycles. The summed E-state index contributed by atoms with van der Waals surface area (Å²) in [6.07, 6.45) is 5.18. The van der Waals surface area contributed by atoms with Crippen molar-refractivity contribution in [1.82, 2.24) is 24.9 Å². The Kier molecular flexibility index (Phi) is 5.72. The summed E-state index contributed by atoms with van der Waals surface area (Å²) in [6.45, 7) is 1.45. The topological polar surface area (TPSA) is 105 Å². The summed E-state index contributed by atoms with van der Waals surface area (Å²) in [7, 11) is -2.08. The summed E-state index contributed by atoms with van der Waals surface area (Å²) >= 11 is 0. The molecule has 0 radical (unpaired) electrons. The van der Waals surface area contributed by atoms with Gasteiger partial charge in [-0.3, -0.25) is 0 Å². The van der Waals surface area contributed by atoms with E-state index >= 15 is 0 Å². The van der Waals surface area contributed by atoms with Crippen molar-refractivity contribution in [2.75, 3.05) is 13.6 Å². The SMILES string of the molecule is CNS(=O)(=O)c1ccc(CNC(=O)NCCn2ccnc2)cc1. The normalized spacial score (nSPS) is 11.2. The first-order valence-corrected chi connectivity index (χ1v) is 8.49. The Labute approximate surface area is 135 Å². The number of nitrogens with zero attached hydrogens (tertiary/aromatic N) is 2. The Hall–Kier alpha value is -2.39. The Morgan fingerprint density at radius 1 is 1.22 bits per heavy atom. The molecule has 1 heterocycles. The third kappa shape index (κ3) is 5.08. The van der Waals surface area contributed by atoms with Crippen LogP contribution in [0, 0.1) is 0 Å². The second-order valence-corrected chi connectivity index (χ2v) is 6.65. The Bertz CT molecular complexity index is 726. The lowest BCUT2D eigenvalue weighted by Gasteiger charge is -2.09. The standard InChI is InChI=1S/C14H19N5O3S/c1-15-23(21,22)13-4-2-12(3-5-13)10-18-14(20)17-7-9-19-8-6-16-11-19/h2-6,8,11,15H,7,9-10H2,1H3,(H2,17,18,20). The largest absolute Gasteiger partial charge is 0.336 e. The maximum atomic E-state index is 11.7. The van der Waals surface area contributed by atoms with Crippen LogP contribution in [0.4, 0.5) is 4.79 Å². The zero-order valence-corrected chi connectivity index (χ0v) is 13.5. The van der Waals surface area contributed by atoms with E-state index in [1.54, 1.807) is 24.7 Å². The summed E-state index contributed by atoms with van der Waals surface area (Å²) in [5, 5.41) is 5.44. The van der Waals surface area contributed by atoms with Gasteiger partial charge >= 0.3 is 6.03 Å². The van der Waals surface area contributed by atoms with Crippen molar-refractivity contribution in [1.29, 1.82) is 0 Å². The van der Waals surface area contributed by atoms with Gasteiger partial charge < -0.3 is 15.2 Å². The molecule has 0 aliphatic rings. The molecule has 1 aromatic carbocycles. The molecule has 0 saturated heterocycles. The molecule has 2 amide bonds.